The van der Waals surface area contributed by atoms with Crippen molar-refractivity contribution in [3.8, 4) is 0 Å². The van der Waals surface area contributed by atoms with Crippen molar-refractivity contribution in [1.82, 2.24) is 0 Å². The summed E-state index contributed by atoms with van der Waals surface area (Å²) in [5.41, 5.74) is -0.721. The fourth-order valence-electron chi connectivity index (χ4n) is 2.06. The predicted molar refractivity (Wildman–Crippen MR) is 76.8 cm³/mol. The number of ether oxygens (including phenoxy) is 1. The molecule has 0 spiro atoms. The molecule has 0 aliphatic rings. The third-order valence-electron chi connectivity index (χ3n) is 2.99. The number of nitrogens with two attached hydrogens (primary N) is 1. The molecule has 0 aliphatic heterocycles. The molecular formula is C13H20N2O4S. The van der Waals surface area contributed by atoms with Gasteiger partial charge in [-0.05, 0) is 25.5 Å². The number of hydrogen-bond donors (Lipinski definition) is 2. The van der Waals surface area contributed by atoms with Gasteiger partial charge in [-0.3, -0.25) is 0 Å². The van der Waals surface area contributed by atoms with Crippen molar-refractivity contribution in [3.05, 3.63) is 24.3 Å². The Labute approximate surface area is 119 Å². The summed E-state index contributed by atoms with van der Waals surface area (Å²) < 4.78 is 27.9. The van der Waals surface area contributed by atoms with Gasteiger partial charge in [0.05, 0.1) is 12.8 Å². The Morgan fingerprint density at radius 2 is 2.00 bits per heavy atom. The lowest BCUT2D eigenvalue weighted by molar-refractivity contribution is -0.145. The molecule has 0 heterocycles. The lowest BCUT2D eigenvalue weighted by Gasteiger charge is -2.29. The largest absolute Gasteiger partial charge is 0.467 e. The first-order valence-electron chi connectivity index (χ1n) is 6.23. The minimum absolute atomic E-state index is 0.0498. The standard InChI is InChI=1S/C13H20N2O4S/c1-4-9-13(2,12(16)19-3)15-10-7-5-6-8-11(10)20(14,17)18/h5-8,15H,4,9H2,1-3H3,(H2,14,17,18). The monoisotopic (exact) mass is 300 g/mol. The number of nitrogens with one attached hydrogen (secondary N) is 1. The number of benzene rings is 1. The highest BCUT2D eigenvalue weighted by Crippen LogP contribution is 2.26. The fourth-order valence-corrected chi connectivity index (χ4v) is 2.75. The summed E-state index contributed by atoms with van der Waals surface area (Å²) in [6.45, 7) is 3.59. The molecule has 7 heteroatoms. The molecule has 0 saturated heterocycles. The summed E-state index contributed by atoms with van der Waals surface area (Å²) in [5.74, 6) is -0.455. The van der Waals surface area contributed by atoms with E-state index in [0.717, 1.165) is 6.42 Å². The van der Waals surface area contributed by atoms with Gasteiger partial charge in [0.2, 0.25) is 10.0 Å². The van der Waals surface area contributed by atoms with Crippen molar-refractivity contribution in [2.75, 3.05) is 12.4 Å². The van der Waals surface area contributed by atoms with Crippen molar-refractivity contribution in [3.63, 3.8) is 0 Å². The van der Waals surface area contributed by atoms with E-state index in [-0.39, 0.29) is 10.6 Å². The Hall–Kier alpha value is -1.60. The van der Waals surface area contributed by atoms with Crippen LogP contribution in [0.15, 0.2) is 29.2 Å². The van der Waals surface area contributed by atoms with Crippen LogP contribution in [-0.4, -0.2) is 27.0 Å². The van der Waals surface area contributed by atoms with Crippen LogP contribution in [0.2, 0.25) is 0 Å². The second-order valence-corrected chi connectivity index (χ2v) is 6.27. The maximum Gasteiger partial charge on any atom is 0.331 e. The lowest BCUT2D eigenvalue weighted by atomic mass is 9.95. The van der Waals surface area contributed by atoms with E-state index >= 15 is 0 Å². The average Bonchev–Trinajstić information content (AvgIpc) is 2.37. The zero-order valence-corrected chi connectivity index (χ0v) is 12.7. The van der Waals surface area contributed by atoms with Crippen molar-refractivity contribution in [2.45, 2.75) is 37.1 Å². The molecule has 6 nitrogen and oxygen atoms in total. The number of methoxy groups -OCH3 is 1. The summed E-state index contributed by atoms with van der Waals surface area (Å²) >= 11 is 0. The van der Waals surface area contributed by atoms with E-state index in [0.29, 0.717) is 6.42 Å². The first kappa shape index (κ1) is 16.5. The average molecular weight is 300 g/mol. The number of hydrogen-bond acceptors (Lipinski definition) is 5. The molecule has 1 rings (SSSR count). The number of esters is 1. The van der Waals surface area contributed by atoms with Crippen LogP contribution >= 0.6 is 0 Å². The lowest BCUT2D eigenvalue weighted by Crippen LogP contribution is -2.44. The van der Waals surface area contributed by atoms with Crippen LogP contribution in [0.1, 0.15) is 26.7 Å². The van der Waals surface area contributed by atoms with Crippen LogP contribution in [0.3, 0.4) is 0 Å². The van der Waals surface area contributed by atoms with E-state index < -0.39 is 21.5 Å². The maximum atomic E-state index is 11.9. The molecule has 1 aromatic carbocycles. The molecule has 20 heavy (non-hydrogen) atoms. The highest BCUT2D eigenvalue weighted by Gasteiger charge is 2.34. The van der Waals surface area contributed by atoms with Gasteiger partial charge in [0, 0.05) is 0 Å². The summed E-state index contributed by atoms with van der Waals surface area (Å²) in [4.78, 5) is 11.9. The first-order chi connectivity index (χ1) is 9.24. The van der Waals surface area contributed by atoms with Crippen LogP contribution in [-0.2, 0) is 19.6 Å². The van der Waals surface area contributed by atoms with Gasteiger partial charge in [-0.15, -0.1) is 0 Å². The van der Waals surface area contributed by atoms with Gasteiger partial charge in [0.1, 0.15) is 10.4 Å². The Morgan fingerprint density at radius 1 is 1.40 bits per heavy atom. The Balaban J connectivity index is 3.23. The fraction of sp³-hybridized carbons (Fsp3) is 0.462. The van der Waals surface area contributed by atoms with Crippen molar-refractivity contribution in [1.29, 1.82) is 0 Å². The highest BCUT2D eigenvalue weighted by atomic mass is 32.2. The van der Waals surface area contributed by atoms with E-state index in [4.69, 9.17) is 9.88 Å². The normalized spacial score (nSPS) is 14.4. The number of para-hydroxylation sites is 1. The molecule has 0 bridgehead atoms. The number of rotatable bonds is 6. The molecule has 1 unspecified atom stereocenters. The van der Waals surface area contributed by atoms with Crippen LogP contribution in [0.4, 0.5) is 5.69 Å². The molecule has 0 amide bonds. The molecular weight excluding hydrogens is 280 g/mol. The SMILES string of the molecule is CCCC(C)(Nc1ccccc1S(N)(=O)=O)C(=O)OC. The topological polar surface area (TPSA) is 98.5 Å². The summed E-state index contributed by atoms with van der Waals surface area (Å²) in [7, 11) is -2.57. The Bertz CT molecular complexity index is 586. The van der Waals surface area contributed by atoms with Gasteiger partial charge in [0.15, 0.2) is 0 Å². The third-order valence-corrected chi connectivity index (χ3v) is 3.96. The molecule has 1 atom stereocenters. The molecule has 3 N–H and O–H groups in total. The number of carbonyl (C=O) groups is 1. The minimum Gasteiger partial charge on any atom is -0.467 e. The smallest absolute Gasteiger partial charge is 0.331 e. The molecule has 0 radical (unpaired) electrons. The quantitative estimate of drug-likeness (QED) is 0.775. The zero-order valence-electron chi connectivity index (χ0n) is 11.8. The van der Waals surface area contributed by atoms with Crippen LogP contribution < -0.4 is 10.5 Å². The second kappa shape index (κ2) is 6.23. The maximum absolute atomic E-state index is 11.9. The summed E-state index contributed by atoms with van der Waals surface area (Å²) in [5, 5.41) is 8.12. The zero-order chi connectivity index (χ0) is 15.4. The summed E-state index contributed by atoms with van der Waals surface area (Å²) in [6.07, 6.45) is 1.23. The van der Waals surface area contributed by atoms with Gasteiger partial charge in [0.25, 0.3) is 0 Å². The van der Waals surface area contributed by atoms with Crippen molar-refractivity contribution >= 4 is 21.7 Å². The number of carbonyl (C=O) groups excluding carboxylic acids is 1. The molecule has 0 aromatic heterocycles. The second-order valence-electron chi connectivity index (χ2n) is 4.74. The van der Waals surface area contributed by atoms with Crippen LogP contribution in [0.5, 0.6) is 0 Å². The number of primary sulfonamides is 1. The molecule has 1 aromatic rings. The van der Waals surface area contributed by atoms with Crippen molar-refractivity contribution in [2.24, 2.45) is 5.14 Å². The van der Waals surface area contributed by atoms with Gasteiger partial charge < -0.3 is 10.1 Å². The van der Waals surface area contributed by atoms with E-state index in [1.807, 2.05) is 6.92 Å². The number of sulfonamides is 1. The molecule has 0 aliphatic carbocycles. The highest BCUT2D eigenvalue weighted by molar-refractivity contribution is 7.89. The van der Waals surface area contributed by atoms with Crippen LogP contribution in [0, 0.1) is 0 Å². The van der Waals surface area contributed by atoms with Gasteiger partial charge in [-0.2, -0.15) is 0 Å². The molecule has 112 valence electrons. The van der Waals surface area contributed by atoms with Gasteiger partial charge in [-0.25, -0.2) is 18.4 Å². The van der Waals surface area contributed by atoms with E-state index in [9.17, 15) is 13.2 Å². The predicted octanol–water partition coefficient (Wildman–Crippen LogP) is 1.48. The van der Waals surface area contributed by atoms with Gasteiger partial charge in [-0.1, -0.05) is 25.5 Å². The van der Waals surface area contributed by atoms with E-state index in [1.54, 1.807) is 25.1 Å². The van der Waals surface area contributed by atoms with Gasteiger partial charge >= 0.3 is 5.97 Å². The molecule has 0 saturated carbocycles. The Kier molecular flexibility index (Phi) is 5.13. The van der Waals surface area contributed by atoms with Crippen LogP contribution in [0.25, 0.3) is 0 Å². The first-order valence-corrected chi connectivity index (χ1v) is 7.77. The van der Waals surface area contributed by atoms with E-state index in [1.165, 1.54) is 13.2 Å². The molecule has 0 fully saturated rings. The number of anilines is 1. The van der Waals surface area contributed by atoms with E-state index in [2.05, 4.69) is 5.32 Å². The third kappa shape index (κ3) is 3.71. The minimum atomic E-state index is -3.87. The summed E-state index contributed by atoms with van der Waals surface area (Å²) in [6, 6.07) is 6.19. The Morgan fingerprint density at radius 3 is 2.50 bits per heavy atom. The van der Waals surface area contributed by atoms with Crippen molar-refractivity contribution < 1.29 is 17.9 Å².